The molecule has 39 nitrogen and oxygen atoms in total. The molecule has 0 atom stereocenters. The van der Waals surface area contributed by atoms with Crippen LogP contribution in [0.25, 0.3) is 79.3 Å². The van der Waals surface area contributed by atoms with Crippen molar-refractivity contribution in [3.8, 4) is 22.9 Å². The summed E-state index contributed by atoms with van der Waals surface area (Å²) in [6, 6.07) is 24.1. The van der Waals surface area contributed by atoms with Crippen LogP contribution in [0.4, 0.5) is 34.1 Å². The molecule has 0 saturated carbocycles. The standard InChI is InChI=1S/C65H50N12O27S8.8Na/c1-33-21-53(55(103-3)31-51(33)70-68-39-13-9-35(57(23-39)107(85,86)87)5-7-37-11-15-41(25-59(37)109(91,92)93)76-72-49-19-17-45-47(63(49)74-76)27-43(105(79,80)81)29-61(45)111(97,98)99)66-65(78)67-54-22-34(2)52(32-56(54)104-4)71-69-40-14-10-36(58(24-40)108(88,89)90)6-8-38-12-16-42(26-60(38)110(94,95)96)77-73-50-20-18-46-48(64(50)75-77)28-44(106(82,83)84)30-62(46)112(100,101)102;;;;;;;;/h5-32H,1-4H3,(H2,66,67,78)(H,79,80,81)(H,82,83,84)(H,85,86,87)(H,88,89,90)(H,91,92,93)(H,94,95,96)(H,97,98,99)(H,100,101,102);;;;;;;;/q;8*+1/p-8. The molecular weight excluding hydrogens is 1820 g/mol. The summed E-state index contributed by atoms with van der Waals surface area (Å²) < 4.78 is 306. The van der Waals surface area contributed by atoms with E-state index in [0.29, 0.717) is 23.3 Å². The molecule has 2 heterocycles. The number of aliphatic imine (C=N–C) groups is 1. The molecule has 0 aliphatic rings. The molecule has 0 amide bonds. The number of methoxy groups -OCH3 is 2. The third-order valence-corrected chi connectivity index (χ3v) is 23.4. The summed E-state index contributed by atoms with van der Waals surface area (Å²) in [5, 5.41) is 48.2. The van der Waals surface area contributed by atoms with Crippen molar-refractivity contribution in [2.45, 2.75) is 53.0 Å². The molecule has 0 aliphatic carbocycles. The van der Waals surface area contributed by atoms with Gasteiger partial charge in [-0.3, -0.25) is 4.55 Å². The van der Waals surface area contributed by atoms with E-state index in [1.165, 1.54) is 81.8 Å². The first-order valence-corrected chi connectivity index (χ1v) is 42.0. The monoisotopic (exact) mass is 1860 g/mol. The van der Waals surface area contributed by atoms with Gasteiger partial charge in [-0.1, -0.05) is 60.7 Å². The van der Waals surface area contributed by atoms with Gasteiger partial charge in [0.05, 0.1) is 94.3 Å². The van der Waals surface area contributed by atoms with E-state index in [4.69, 9.17) is 9.47 Å². The van der Waals surface area contributed by atoms with Crippen LogP contribution in [0.2, 0.25) is 0 Å². The van der Waals surface area contributed by atoms with Gasteiger partial charge in [0.2, 0.25) is 0 Å². The predicted molar refractivity (Wildman–Crippen MR) is 384 cm³/mol. The number of hydrogen-bond donors (Lipinski definition) is 2. The number of aryl methyl sites for hydroxylation is 2. The minimum absolute atomic E-state index is 0. The number of ether oxygens (including phenoxy) is 2. The third kappa shape index (κ3) is 25.0. The van der Waals surface area contributed by atoms with Gasteiger partial charge in [0, 0.05) is 33.7 Å². The van der Waals surface area contributed by atoms with E-state index < -0.39 is 126 Å². The minimum Gasteiger partial charge on any atom is -0.846 e. The number of nitrogens with one attached hydrogen (secondary N) is 1. The minimum atomic E-state index is -5.40. The molecule has 0 aliphatic heterocycles. The molecule has 0 radical (unpaired) electrons. The summed E-state index contributed by atoms with van der Waals surface area (Å²) in [4.78, 5) is -2.04. The first kappa shape index (κ1) is 109. The molecule has 0 unspecified atom stereocenters. The maximum Gasteiger partial charge on any atom is 1.00 e. The normalized spacial score (nSPS) is 12.4. The topological polar surface area (TPSA) is 632 Å². The van der Waals surface area contributed by atoms with Gasteiger partial charge in [-0.05, 0) is 144 Å². The number of aromatic nitrogens is 6. The van der Waals surface area contributed by atoms with E-state index in [9.17, 15) is 109 Å². The SMILES string of the molecule is COc1cc(N=Nc2ccc(C=Cc3ccc(-n4nc5ccc6c(S(=O)(=O)[O-])cc(S(=O)(=O)[O-])cc6c5n4)cc3S(=O)(=O)[O-])c(S(=O)(=O)[O-])c2)c(C)cc1N=C([O-])Nc1cc(C)c(N=Nc2ccc(C=Cc3ccc(-n4nc5ccc6c(S(=O)(=O)O)cc(S(=O)(=O)[O-])cc6c5n4)cc3S(=O)(=O)[O-])c(S(=O)(=O)[O-])c2)cc1OC.[Na+].[Na+].[Na+].[Na+].[Na+].[Na+].[Na+].[Na+]. The Kier molecular flexibility index (Phi) is 38.1. The second-order valence-corrected chi connectivity index (χ2v) is 34.6. The van der Waals surface area contributed by atoms with Crippen molar-refractivity contribution >= 4 is 189 Å². The first-order valence-electron chi connectivity index (χ1n) is 30.7. The summed E-state index contributed by atoms with van der Waals surface area (Å²) in [5.74, 6) is -0.0308. The Morgan fingerprint density at radius 2 is 0.725 bits per heavy atom. The van der Waals surface area contributed by atoms with Crippen molar-refractivity contribution in [3.63, 3.8) is 0 Å². The van der Waals surface area contributed by atoms with Gasteiger partial charge in [-0.2, -0.15) is 38.5 Å². The van der Waals surface area contributed by atoms with E-state index in [1.807, 2.05) is 0 Å². The van der Waals surface area contributed by atoms with E-state index in [2.05, 4.69) is 51.2 Å². The number of anilines is 1. The zero-order valence-corrected chi connectivity index (χ0v) is 86.9. The average molecular weight is 1860 g/mol. The van der Waals surface area contributed by atoms with Crippen LogP contribution < -0.4 is 256 Å². The fourth-order valence-corrected chi connectivity index (χ4v) is 16.6. The third-order valence-electron chi connectivity index (χ3n) is 16.4. The Bertz CT molecular complexity index is 7280. The number of fused-ring (bicyclic) bond motifs is 6. The van der Waals surface area contributed by atoms with Gasteiger partial charge < -0.3 is 51.8 Å². The molecule has 12 aromatic rings. The smallest absolute Gasteiger partial charge is 0.846 e. The fourth-order valence-electron chi connectivity index (χ4n) is 11.2. The molecule has 55 heteroatoms. The van der Waals surface area contributed by atoms with Gasteiger partial charge in [0.25, 0.3) is 10.1 Å². The predicted octanol–water partition coefficient (Wildman–Crippen LogP) is -16.7. The Hall–Kier alpha value is -3.65. The Balaban J connectivity index is 0.00000378. The largest absolute Gasteiger partial charge is 1.00 e. The number of amidine groups is 1. The van der Waals surface area contributed by atoms with Crippen molar-refractivity contribution in [1.29, 1.82) is 0 Å². The average Bonchev–Trinajstić information content (AvgIpc) is 1.49. The first-order chi connectivity index (χ1) is 52.1. The van der Waals surface area contributed by atoms with Crippen LogP contribution in [0.1, 0.15) is 33.4 Å². The van der Waals surface area contributed by atoms with Crippen LogP contribution in [0.3, 0.4) is 0 Å². The summed E-state index contributed by atoms with van der Waals surface area (Å²) in [5.41, 5.74) is -1.89. The van der Waals surface area contributed by atoms with Gasteiger partial charge in [-0.15, -0.1) is 20.4 Å². The van der Waals surface area contributed by atoms with Crippen LogP contribution in [0, 0.1) is 13.8 Å². The Labute approximate surface area is 860 Å². The quantitative estimate of drug-likeness (QED) is 0.0159. The van der Waals surface area contributed by atoms with Crippen molar-refractivity contribution < 1.29 is 355 Å². The molecule has 120 heavy (non-hydrogen) atoms. The molecule has 0 bridgehead atoms. The summed E-state index contributed by atoms with van der Waals surface area (Å²) in [6.07, 6.45) is 4.02. The zero-order valence-electron chi connectivity index (χ0n) is 64.4. The van der Waals surface area contributed by atoms with Crippen LogP contribution in [-0.2, 0) is 80.9 Å². The molecule has 2 N–H and O–H groups in total. The summed E-state index contributed by atoms with van der Waals surface area (Å²) in [6.45, 7) is 3.08. The fraction of sp³-hybridized carbons (Fsp3) is 0.0615. The van der Waals surface area contributed by atoms with Gasteiger partial charge in [0.1, 0.15) is 115 Å². The van der Waals surface area contributed by atoms with Crippen molar-refractivity contribution in [3.05, 3.63) is 179 Å². The van der Waals surface area contributed by atoms with Crippen molar-refractivity contribution in [1.82, 2.24) is 30.0 Å². The van der Waals surface area contributed by atoms with Crippen LogP contribution in [0.5, 0.6) is 11.5 Å². The van der Waals surface area contributed by atoms with Gasteiger partial charge in [0.15, 0.2) is 0 Å². The summed E-state index contributed by atoms with van der Waals surface area (Å²) in [7, 11) is -40.2. The molecular formula is C65H42N12Na8O27S8. The maximum absolute atomic E-state index is 13.6. The van der Waals surface area contributed by atoms with E-state index in [1.54, 1.807) is 6.92 Å². The van der Waals surface area contributed by atoms with Crippen molar-refractivity contribution in [2.75, 3.05) is 19.5 Å². The van der Waals surface area contributed by atoms with E-state index in [0.717, 1.165) is 107 Å². The number of benzene rings is 10. The molecule has 2 aromatic heterocycles. The number of nitrogens with zero attached hydrogens (tertiary/aromatic N) is 11. The Morgan fingerprint density at radius 1 is 0.375 bits per heavy atom. The van der Waals surface area contributed by atoms with Crippen LogP contribution in [-0.4, -0.2) is 154 Å². The zero-order chi connectivity index (χ0) is 81.5. The van der Waals surface area contributed by atoms with Crippen molar-refractivity contribution in [2.24, 2.45) is 25.4 Å². The Morgan fingerprint density at radius 3 is 1.09 bits per heavy atom. The van der Waals surface area contributed by atoms with E-state index >= 15 is 0 Å². The summed E-state index contributed by atoms with van der Waals surface area (Å²) >= 11 is 0. The van der Waals surface area contributed by atoms with Gasteiger partial charge >= 0.3 is 236 Å². The molecule has 0 fully saturated rings. The van der Waals surface area contributed by atoms with Gasteiger partial charge in [-0.25, -0.2) is 63.9 Å². The molecule has 10 aromatic carbocycles. The molecule has 580 valence electrons. The second kappa shape index (κ2) is 42.1. The number of hydrogen-bond acceptors (Lipinski definition) is 35. The number of rotatable bonds is 22. The molecule has 12 rings (SSSR count). The van der Waals surface area contributed by atoms with Crippen LogP contribution >= 0.6 is 0 Å². The number of azo groups is 2. The molecule has 0 spiro atoms. The molecule has 0 saturated heterocycles. The van der Waals surface area contributed by atoms with Crippen LogP contribution in [0.15, 0.2) is 210 Å². The second-order valence-electron chi connectivity index (χ2n) is 23.7. The maximum atomic E-state index is 13.6. The van der Waals surface area contributed by atoms with E-state index in [-0.39, 0.29) is 359 Å².